The number of benzene rings is 2. The number of amides is 3. The van der Waals surface area contributed by atoms with Crippen LogP contribution < -0.4 is 19.7 Å². The maximum Gasteiger partial charge on any atom is 0.263 e. The number of carbonyl (C=O) groups is 3. The molecule has 0 bridgehead atoms. The van der Waals surface area contributed by atoms with Gasteiger partial charge in [-0.15, -0.1) is 0 Å². The molecule has 0 unspecified atom stereocenters. The zero-order chi connectivity index (χ0) is 22.1. The molecule has 2 aromatic carbocycles. The number of methoxy groups -OCH3 is 2. The molecule has 1 N–H and O–H groups in total. The van der Waals surface area contributed by atoms with E-state index in [2.05, 4.69) is 31.6 Å². The third-order valence-electron chi connectivity index (χ3n) is 4.94. The Balaban J connectivity index is 1.52. The predicted octanol–water partition coefficient (Wildman–Crippen LogP) is 2.40. The molecule has 1 saturated heterocycles. The molecule has 2 aromatic rings. The predicted molar refractivity (Wildman–Crippen MR) is 114 cm³/mol. The molecule has 4 rings (SSSR count). The van der Waals surface area contributed by atoms with E-state index in [4.69, 9.17) is 9.47 Å². The number of hydrogen-bond donors (Lipinski definition) is 1. The van der Waals surface area contributed by atoms with Crippen molar-refractivity contribution < 1.29 is 23.9 Å². The van der Waals surface area contributed by atoms with Crippen molar-refractivity contribution in [2.24, 2.45) is 10.3 Å². The summed E-state index contributed by atoms with van der Waals surface area (Å²) in [5.41, 5.74) is 0.913. The van der Waals surface area contributed by atoms with Gasteiger partial charge in [0.2, 0.25) is 5.91 Å². The molecule has 160 valence electrons. The highest BCUT2D eigenvalue weighted by Gasteiger charge is 2.55. The lowest BCUT2D eigenvalue weighted by Crippen LogP contribution is -2.43. The van der Waals surface area contributed by atoms with Gasteiger partial charge in [-0.05, 0) is 40.2 Å². The summed E-state index contributed by atoms with van der Waals surface area (Å²) in [5.74, 6) is -0.573. The molecule has 2 aliphatic rings. The molecule has 10 nitrogen and oxygen atoms in total. The average molecular weight is 488 g/mol. The first-order chi connectivity index (χ1) is 14.9. The van der Waals surface area contributed by atoms with Crippen molar-refractivity contribution in [1.29, 1.82) is 0 Å². The van der Waals surface area contributed by atoms with E-state index < -0.39 is 29.8 Å². The van der Waals surface area contributed by atoms with Gasteiger partial charge in [0.1, 0.15) is 6.54 Å². The highest BCUT2D eigenvalue weighted by molar-refractivity contribution is 9.10. The summed E-state index contributed by atoms with van der Waals surface area (Å²) in [4.78, 5) is 39.5. The molecule has 0 aromatic heterocycles. The van der Waals surface area contributed by atoms with Gasteiger partial charge in [0, 0.05) is 10.5 Å². The van der Waals surface area contributed by atoms with Gasteiger partial charge in [-0.2, -0.15) is 5.11 Å². The van der Waals surface area contributed by atoms with Crippen LogP contribution in [-0.4, -0.2) is 55.6 Å². The number of anilines is 2. The topological polar surface area (TPSA) is 113 Å². The molecule has 0 radical (unpaired) electrons. The zero-order valence-corrected chi connectivity index (χ0v) is 18.2. The Kier molecular flexibility index (Phi) is 5.59. The van der Waals surface area contributed by atoms with E-state index in [1.54, 1.807) is 30.3 Å². The van der Waals surface area contributed by atoms with Gasteiger partial charge in [0.05, 0.1) is 25.6 Å². The zero-order valence-electron chi connectivity index (χ0n) is 16.6. The number of nitrogens with one attached hydrogen (secondary N) is 1. The number of rotatable bonds is 6. The number of carbonyl (C=O) groups excluding carboxylic acids is 3. The Hall–Kier alpha value is -3.47. The van der Waals surface area contributed by atoms with E-state index in [-0.39, 0.29) is 6.54 Å². The molecule has 31 heavy (non-hydrogen) atoms. The molecular formula is C20H18BrN5O5. The van der Waals surface area contributed by atoms with Crippen molar-refractivity contribution in [3.05, 3.63) is 46.9 Å². The van der Waals surface area contributed by atoms with Crippen LogP contribution in [0.3, 0.4) is 0 Å². The number of fused-ring (bicyclic) bond motifs is 1. The van der Waals surface area contributed by atoms with E-state index >= 15 is 0 Å². The van der Waals surface area contributed by atoms with Crippen LogP contribution >= 0.6 is 15.9 Å². The van der Waals surface area contributed by atoms with E-state index in [1.165, 1.54) is 25.3 Å². The minimum absolute atomic E-state index is 0.231. The van der Waals surface area contributed by atoms with Crippen molar-refractivity contribution in [3.63, 3.8) is 0 Å². The normalized spacial score (nSPS) is 19.6. The number of nitrogens with zero attached hydrogens (tertiary/aromatic N) is 4. The number of imide groups is 1. The van der Waals surface area contributed by atoms with Crippen LogP contribution in [-0.2, 0) is 14.4 Å². The first kappa shape index (κ1) is 20.8. The second-order valence-corrected chi connectivity index (χ2v) is 7.63. The third-order valence-corrected chi connectivity index (χ3v) is 5.63. The number of para-hydroxylation sites is 1. The first-order valence-corrected chi connectivity index (χ1v) is 10.1. The average Bonchev–Trinajstić information content (AvgIpc) is 3.28. The maximum atomic E-state index is 13.1. The van der Waals surface area contributed by atoms with E-state index in [0.717, 1.165) is 9.37 Å². The summed E-state index contributed by atoms with van der Waals surface area (Å²) in [6, 6.07) is 9.88. The fourth-order valence-electron chi connectivity index (χ4n) is 3.47. The third kappa shape index (κ3) is 3.72. The summed E-state index contributed by atoms with van der Waals surface area (Å²) < 4.78 is 11.2. The Morgan fingerprint density at radius 1 is 1.10 bits per heavy atom. The second kappa shape index (κ2) is 8.34. The van der Waals surface area contributed by atoms with E-state index in [0.29, 0.717) is 22.9 Å². The molecule has 11 heteroatoms. The summed E-state index contributed by atoms with van der Waals surface area (Å²) in [5, 5.41) is 11.8. The highest BCUT2D eigenvalue weighted by atomic mass is 79.9. The number of hydrogen-bond acceptors (Lipinski definition) is 8. The Morgan fingerprint density at radius 3 is 2.55 bits per heavy atom. The van der Waals surface area contributed by atoms with Crippen LogP contribution in [0.2, 0.25) is 0 Å². The second-order valence-electron chi connectivity index (χ2n) is 6.77. The summed E-state index contributed by atoms with van der Waals surface area (Å²) in [7, 11) is 2.95. The Morgan fingerprint density at radius 2 is 1.84 bits per heavy atom. The van der Waals surface area contributed by atoms with Gasteiger partial charge in [0.15, 0.2) is 23.6 Å². The van der Waals surface area contributed by atoms with Gasteiger partial charge < -0.3 is 14.8 Å². The molecule has 0 saturated carbocycles. The standard InChI is InChI=1S/C20H18BrN5O5/c1-30-14-8-7-11(9-15(14)31-2)26-19(28)17-18(20(26)29)25(24-23-17)10-16(27)22-13-6-4-3-5-12(13)21/h3-9,17-18H,10H2,1-2H3,(H,22,27)/t17-,18+/m1/s1. The van der Waals surface area contributed by atoms with Crippen molar-refractivity contribution in [1.82, 2.24) is 5.01 Å². The van der Waals surface area contributed by atoms with Crippen LogP contribution in [0.25, 0.3) is 0 Å². The fraction of sp³-hybridized carbons (Fsp3) is 0.250. The van der Waals surface area contributed by atoms with Gasteiger partial charge >= 0.3 is 0 Å². The minimum atomic E-state index is -1.00. The summed E-state index contributed by atoms with van der Waals surface area (Å²) in [6.45, 7) is -0.231. The lowest BCUT2D eigenvalue weighted by Gasteiger charge is -2.21. The van der Waals surface area contributed by atoms with Crippen molar-refractivity contribution in [3.8, 4) is 11.5 Å². The maximum absolute atomic E-state index is 13.1. The molecule has 2 heterocycles. The number of ether oxygens (including phenoxy) is 2. The quantitative estimate of drug-likeness (QED) is 0.625. The van der Waals surface area contributed by atoms with Crippen LogP contribution in [0.15, 0.2) is 57.3 Å². The van der Waals surface area contributed by atoms with Gasteiger partial charge in [-0.25, -0.2) is 4.90 Å². The van der Waals surface area contributed by atoms with Crippen molar-refractivity contribution >= 4 is 45.0 Å². The van der Waals surface area contributed by atoms with Crippen LogP contribution in [0.1, 0.15) is 0 Å². The smallest absolute Gasteiger partial charge is 0.263 e. The van der Waals surface area contributed by atoms with Crippen LogP contribution in [0.5, 0.6) is 11.5 Å². The Bertz CT molecular complexity index is 1090. The lowest BCUT2D eigenvalue weighted by molar-refractivity contribution is -0.123. The fourth-order valence-corrected chi connectivity index (χ4v) is 3.86. The molecular weight excluding hydrogens is 470 g/mol. The molecule has 0 aliphatic carbocycles. The van der Waals surface area contributed by atoms with Crippen LogP contribution in [0, 0.1) is 0 Å². The molecule has 2 atom stereocenters. The summed E-state index contributed by atoms with van der Waals surface area (Å²) >= 11 is 3.36. The minimum Gasteiger partial charge on any atom is -0.493 e. The molecule has 2 aliphatic heterocycles. The van der Waals surface area contributed by atoms with Gasteiger partial charge in [-0.1, -0.05) is 17.4 Å². The Labute approximate surface area is 185 Å². The van der Waals surface area contributed by atoms with Gasteiger partial charge in [-0.3, -0.25) is 19.4 Å². The molecule has 0 spiro atoms. The molecule has 3 amide bonds. The van der Waals surface area contributed by atoms with E-state index in [1.807, 2.05) is 6.07 Å². The monoisotopic (exact) mass is 487 g/mol. The first-order valence-electron chi connectivity index (χ1n) is 9.26. The van der Waals surface area contributed by atoms with Gasteiger partial charge in [0.25, 0.3) is 11.8 Å². The summed E-state index contributed by atoms with van der Waals surface area (Å²) in [6.07, 6.45) is 0. The lowest BCUT2D eigenvalue weighted by atomic mass is 10.1. The SMILES string of the molecule is COc1ccc(N2C(=O)[C@@H]3[C@@H](N=NN3CC(=O)Nc3ccccc3Br)C2=O)cc1OC. The van der Waals surface area contributed by atoms with Crippen molar-refractivity contribution in [2.75, 3.05) is 31.0 Å². The van der Waals surface area contributed by atoms with E-state index in [9.17, 15) is 14.4 Å². The number of halogens is 1. The molecule has 1 fully saturated rings. The highest BCUT2D eigenvalue weighted by Crippen LogP contribution is 2.36. The van der Waals surface area contributed by atoms with Crippen molar-refractivity contribution in [2.45, 2.75) is 12.1 Å². The van der Waals surface area contributed by atoms with Crippen LogP contribution in [0.4, 0.5) is 11.4 Å². The largest absolute Gasteiger partial charge is 0.493 e.